The summed E-state index contributed by atoms with van der Waals surface area (Å²) in [7, 11) is 0. The first-order chi connectivity index (χ1) is 5.11. The molecule has 0 N–H and O–H groups in total. The van der Waals surface area contributed by atoms with Crippen LogP contribution in [0, 0.1) is 0 Å². The normalized spacial score (nSPS) is 10.6. The molecule has 60 valence electrons. The van der Waals surface area contributed by atoms with Crippen molar-refractivity contribution in [2.24, 2.45) is 0 Å². The number of rotatable bonds is 1. The third-order valence-electron chi connectivity index (χ3n) is 1.20. The van der Waals surface area contributed by atoms with Gasteiger partial charge in [-0.3, -0.25) is 0 Å². The van der Waals surface area contributed by atoms with Gasteiger partial charge in [-0.15, -0.1) is 0 Å². The van der Waals surface area contributed by atoms with E-state index in [0.717, 1.165) is 8.95 Å². The lowest BCUT2D eigenvalue weighted by Gasteiger charge is -2.04. The Morgan fingerprint density at radius 3 is 2.18 bits per heavy atom. The standard InChI is InChI=1S/C7H4Br4/c8-4-1-2-5(7(10)11)6(9)3-4/h1-3,7H. The maximum atomic E-state index is 3.46. The fourth-order valence-corrected chi connectivity index (χ4v) is 3.37. The Morgan fingerprint density at radius 2 is 1.73 bits per heavy atom. The number of hydrogen-bond acceptors (Lipinski definition) is 0. The Hall–Kier alpha value is 1.14. The Bertz CT molecular complexity index is 257. The van der Waals surface area contributed by atoms with E-state index in [0.29, 0.717) is 0 Å². The highest BCUT2D eigenvalue weighted by molar-refractivity contribution is 9.24. The maximum Gasteiger partial charge on any atom is 0.0957 e. The highest BCUT2D eigenvalue weighted by atomic mass is 79.9. The van der Waals surface area contributed by atoms with Crippen LogP contribution in [0.2, 0.25) is 0 Å². The fourth-order valence-electron chi connectivity index (χ4n) is 0.678. The minimum atomic E-state index is 0.206. The minimum Gasteiger partial charge on any atom is -0.0712 e. The molecule has 0 radical (unpaired) electrons. The van der Waals surface area contributed by atoms with Crippen LogP contribution >= 0.6 is 63.7 Å². The summed E-state index contributed by atoms with van der Waals surface area (Å²) in [5.74, 6) is 0. The van der Waals surface area contributed by atoms with E-state index in [2.05, 4.69) is 63.7 Å². The fraction of sp³-hybridized carbons (Fsp3) is 0.143. The first-order valence-corrected chi connectivity index (χ1v) is 6.26. The summed E-state index contributed by atoms with van der Waals surface area (Å²) in [5, 5.41) is 0. The van der Waals surface area contributed by atoms with E-state index in [1.807, 2.05) is 18.2 Å². The van der Waals surface area contributed by atoms with Crippen LogP contribution in [0.5, 0.6) is 0 Å². The van der Waals surface area contributed by atoms with Gasteiger partial charge in [-0.25, -0.2) is 0 Å². The van der Waals surface area contributed by atoms with Gasteiger partial charge >= 0.3 is 0 Å². The van der Waals surface area contributed by atoms with Crippen LogP contribution in [-0.2, 0) is 0 Å². The summed E-state index contributed by atoms with van der Waals surface area (Å²) in [5.41, 5.74) is 1.19. The van der Waals surface area contributed by atoms with Gasteiger partial charge in [0.05, 0.1) is 3.74 Å². The van der Waals surface area contributed by atoms with Gasteiger partial charge in [0.15, 0.2) is 0 Å². The second kappa shape index (κ2) is 4.40. The smallest absolute Gasteiger partial charge is 0.0712 e. The second-order valence-corrected chi connectivity index (χ2v) is 6.80. The molecule has 0 heterocycles. The summed E-state index contributed by atoms with van der Waals surface area (Å²) < 4.78 is 2.37. The van der Waals surface area contributed by atoms with Gasteiger partial charge in [-0.2, -0.15) is 0 Å². The Balaban J connectivity index is 3.09. The molecule has 0 fully saturated rings. The molecule has 0 aliphatic heterocycles. The topological polar surface area (TPSA) is 0 Å². The lowest BCUT2D eigenvalue weighted by Crippen LogP contribution is -1.81. The molecule has 0 atom stereocenters. The first-order valence-electron chi connectivity index (χ1n) is 2.84. The van der Waals surface area contributed by atoms with Crippen LogP contribution in [0.3, 0.4) is 0 Å². The van der Waals surface area contributed by atoms with Crippen molar-refractivity contribution in [1.29, 1.82) is 0 Å². The average Bonchev–Trinajstić information content (AvgIpc) is 1.85. The van der Waals surface area contributed by atoms with Crippen LogP contribution in [0.1, 0.15) is 9.30 Å². The van der Waals surface area contributed by atoms with Gasteiger partial charge in [-0.05, 0) is 17.7 Å². The van der Waals surface area contributed by atoms with Crippen LogP contribution in [0.15, 0.2) is 27.1 Å². The Labute approximate surface area is 99.3 Å². The lowest BCUT2D eigenvalue weighted by atomic mass is 10.2. The number of hydrogen-bond donors (Lipinski definition) is 0. The molecular weight excluding hydrogens is 404 g/mol. The molecule has 4 heteroatoms. The SMILES string of the molecule is Brc1ccc(C(Br)Br)c(Br)c1. The van der Waals surface area contributed by atoms with Crippen molar-refractivity contribution in [2.45, 2.75) is 3.74 Å². The molecule has 1 rings (SSSR count). The van der Waals surface area contributed by atoms with E-state index < -0.39 is 0 Å². The van der Waals surface area contributed by atoms with Gasteiger partial charge in [0.25, 0.3) is 0 Å². The molecule has 1 aromatic rings. The van der Waals surface area contributed by atoms with Crippen molar-refractivity contribution in [3.63, 3.8) is 0 Å². The van der Waals surface area contributed by atoms with Crippen molar-refractivity contribution in [3.05, 3.63) is 32.7 Å². The largest absolute Gasteiger partial charge is 0.0957 e. The lowest BCUT2D eigenvalue weighted by molar-refractivity contribution is 1.38. The predicted molar refractivity (Wildman–Crippen MR) is 62.4 cm³/mol. The number of benzene rings is 1. The molecule has 0 spiro atoms. The highest BCUT2D eigenvalue weighted by Crippen LogP contribution is 2.35. The van der Waals surface area contributed by atoms with Crippen LogP contribution < -0.4 is 0 Å². The summed E-state index contributed by atoms with van der Waals surface area (Å²) >= 11 is 13.7. The van der Waals surface area contributed by atoms with Crippen molar-refractivity contribution >= 4 is 63.7 Å². The molecule has 0 aromatic heterocycles. The van der Waals surface area contributed by atoms with Crippen molar-refractivity contribution in [1.82, 2.24) is 0 Å². The number of alkyl halides is 2. The summed E-state index contributed by atoms with van der Waals surface area (Å²) in [6.45, 7) is 0. The van der Waals surface area contributed by atoms with Crippen molar-refractivity contribution in [2.75, 3.05) is 0 Å². The van der Waals surface area contributed by atoms with Crippen LogP contribution in [0.25, 0.3) is 0 Å². The molecule has 1 aromatic carbocycles. The van der Waals surface area contributed by atoms with Gasteiger partial charge in [-0.1, -0.05) is 69.8 Å². The zero-order chi connectivity index (χ0) is 8.43. The van der Waals surface area contributed by atoms with Gasteiger partial charge < -0.3 is 0 Å². The summed E-state index contributed by atoms with van der Waals surface area (Å²) in [4.78, 5) is 0. The van der Waals surface area contributed by atoms with Crippen molar-refractivity contribution in [3.8, 4) is 0 Å². The molecule has 0 aliphatic rings. The average molecular weight is 408 g/mol. The van der Waals surface area contributed by atoms with E-state index in [9.17, 15) is 0 Å². The van der Waals surface area contributed by atoms with Crippen molar-refractivity contribution < 1.29 is 0 Å². The summed E-state index contributed by atoms with van der Waals surface area (Å²) in [6, 6.07) is 6.07. The molecule has 0 amide bonds. The van der Waals surface area contributed by atoms with E-state index in [4.69, 9.17) is 0 Å². The molecule has 0 unspecified atom stereocenters. The molecular formula is C7H4Br4. The van der Waals surface area contributed by atoms with Gasteiger partial charge in [0.2, 0.25) is 0 Å². The highest BCUT2D eigenvalue weighted by Gasteiger charge is 2.06. The second-order valence-electron chi connectivity index (χ2n) is 1.97. The van der Waals surface area contributed by atoms with E-state index >= 15 is 0 Å². The molecule has 0 saturated carbocycles. The molecule has 0 bridgehead atoms. The molecule has 0 saturated heterocycles. The Morgan fingerprint density at radius 1 is 1.09 bits per heavy atom. The van der Waals surface area contributed by atoms with E-state index in [1.165, 1.54) is 5.56 Å². The van der Waals surface area contributed by atoms with Gasteiger partial charge in [0.1, 0.15) is 0 Å². The van der Waals surface area contributed by atoms with E-state index in [-0.39, 0.29) is 3.74 Å². The first kappa shape index (κ1) is 10.2. The molecule has 0 aliphatic carbocycles. The monoisotopic (exact) mass is 404 g/mol. The zero-order valence-corrected chi connectivity index (χ0v) is 11.7. The maximum absolute atomic E-state index is 3.46. The minimum absolute atomic E-state index is 0.206. The Kier molecular flexibility index (Phi) is 4.09. The molecule has 11 heavy (non-hydrogen) atoms. The molecule has 0 nitrogen and oxygen atoms in total. The zero-order valence-electron chi connectivity index (χ0n) is 5.32. The third-order valence-corrected chi connectivity index (χ3v) is 3.36. The third kappa shape index (κ3) is 2.83. The van der Waals surface area contributed by atoms with Gasteiger partial charge in [0, 0.05) is 8.95 Å². The number of halogens is 4. The van der Waals surface area contributed by atoms with Crippen LogP contribution in [0.4, 0.5) is 0 Å². The predicted octanol–water partition coefficient (Wildman–Crippen LogP) is 5.00. The van der Waals surface area contributed by atoms with Crippen LogP contribution in [-0.4, -0.2) is 0 Å². The van der Waals surface area contributed by atoms with E-state index in [1.54, 1.807) is 0 Å². The quantitative estimate of drug-likeness (QED) is 0.575. The summed E-state index contributed by atoms with van der Waals surface area (Å²) in [6.07, 6.45) is 0.